The van der Waals surface area contributed by atoms with Crippen molar-refractivity contribution in [3.8, 4) is 0 Å². The molecule has 3 N–H and O–H groups in total. The Bertz CT molecular complexity index is 558. The fraction of sp³-hybridized carbons (Fsp3) is 0.333. The summed E-state index contributed by atoms with van der Waals surface area (Å²) in [7, 11) is 0. The van der Waals surface area contributed by atoms with Gasteiger partial charge in [0.05, 0.1) is 0 Å². The van der Waals surface area contributed by atoms with Gasteiger partial charge in [-0.15, -0.1) is 5.10 Å². The van der Waals surface area contributed by atoms with Gasteiger partial charge in [0, 0.05) is 18.0 Å². The quantitative estimate of drug-likeness (QED) is 0.638. The molecule has 18 heavy (non-hydrogen) atoms. The molecular formula is C12H16N4OS. The van der Waals surface area contributed by atoms with Crippen LogP contribution >= 0.6 is 11.8 Å². The first-order valence-corrected chi connectivity index (χ1v) is 6.81. The summed E-state index contributed by atoms with van der Waals surface area (Å²) in [6, 6.07) is 7.72. The Morgan fingerprint density at radius 1 is 1.39 bits per heavy atom. The Morgan fingerprint density at radius 2 is 2.11 bits per heavy atom. The Labute approximate surface area is 109 Å². The molecule has 0 radical (unpaired) electrons. The molecule has 6 heteroatoms. The topological polar surface area (TPSA) is 76.7 Å². The van der Waals surface area contributed by atoms with Crippen LogP contribution in [0.15, 0.2) is 34.2 Å². The Hall–Kier alpha value is -1.69. The van der Waals surface area contributed by atoms with Crippen molar-refractivity contribution in [2.24, 2.45) is 0 Å². The van der Waals surface area contributed by atoms with Gasteiger partial charge in [-0.25, -0.2) is 9.89 Å². The van der Waals surface area contributed by atoms with E-state index in [0.29, 0.717) is 6.54 Å². The third-order valence-corrected chi connectivity index (χ3v) is 3.57. The summed E-state index contributed by atoms with van der Waals surface area (Å²) in [6.45, 7) is 2.73. The van der Waals surface area contributed by atoms with Gasteiger partial charge in [-0.3, -0.25) is 4.57 Å². The predicted octanol–water partition coefficient (Wildman–Crippen LogP) is 1.86. The first kappa shape index (κ1) is 12.8. The van der Waals surface area contributed by atoms with Gasteiger partial charge in [0.15, 0.2) is 5.16 Å². The molecule has 0 aliphatic heterocycles. The van der Waals surface area contributed by atoms with E-state index in [9.17, 15) is 4.79 Å². The molecule has 1 aromatic heterocycles. The number of aromatic amines is 1. The van der Waals surface area contributed by atoms with E-state index in [1.54, 1.807) is 16.3 Å². The summed E-state index contributed by atoms with van der Waals surface area (Å²) in [5.74, 6) is 0.772. The first-order valence-electron chi connectivity index (χ1n) is 5.83. The third kappa shape index (κ3) is 2.95. The second-order valence-electron chi connectivity index (χ2n) is 3.99. The van der Waals surface area contributed by atoms with Crippen LogP contribution in [-0.4, -0.2) is 14.8 Å². The molecule has 0 saturated carbocycles. The minimum absolute atomic E-state index is 0.142. The number of nitrogen functional groups attached to an aromatic ring is 1. The molecule has 2 rings (SSSR count). The van der Waals surface area contributed by atoms with Crippen LogP contribution in [0.3, 0.4) is 0 Å². The van der Waals surface area contributed by atoms with E-state index >= 15 is 0 Å². The number of nitrogens with zero attached hydrogens (tertiary/aromatic N) is 2. The summed E-state index contributed by atoms with van der Waals surface area (Å²) >= 11 is 1.55. The zero-order valence-electron chi connectivity index (χ0n) is 10.2. The number of aromatic nitrogens is 3. The van der Waals surface area contributed by atoms with Crippen molar-refractivity contribution in [3.63, 3.8) is 0 Å². The van der Waals surface area contributed by atoms with Crippen LogP contribution in [0, 0.1) is 0 Å². The highest BCUT2D eigenvalue weighted by molar-refractivity contribution is 7.98. The van der Waals surface area contributed by atoms with Crippen LogP contribution in [0.2, 0.25) is 0 Å². The maximum Gasteiger partial charge on any atom is 0.343 e. The highest BCUT2D eigenvalue weighted by Crippen LogP contribution is 2.20. The first-order chi connectivity index (χ1) is 8.70. The average Bonchev–Trinajstić information content (AvgIpc) is 2.71. The lowest BCUT2D eigenvalue weighted by Gasteiger charge is -2.04. The molecule has 0 fully saturated rings. The van der Waals surface area contributed by atoms with Crippen LogP contribution in [0.5, 0.6) is 0 Å². The van der Waals surface area contributed by atoms with Crippen LogP contribution in [-0.2, 0) is 12.3 Å². The molecule has 0 amide bonds. The smallest absolute Gasteiger partial charge is 0.343 e. The molecule has 0 bridgehead atoms. The summed E-state index contributed by atoms with van der Waals surface area (Å²) in [5, 5.41) is 7.25. The van der Waals surface area contributed by atoms with Crippen LogP contribution in [0.25, 0.3) is 0 Å². The van der Waals surface area contributed by atoms with Crippen LogP contribution in [0.1, 0.15) is 18.9 Å². The maximum atomic E-state index is 11.5. The molecule has 96 valence electrons. The summed E-state index contributed by atoms with van der Waals surface area (Å²) in [6.07, 6.45) is 0.912. The molecular weight excluding hydrogens is 248 g/mol. The molecule has 1 aromatic carbocycles. The Balaban J connectivity index is 2.06. The van der Waals surface area contributed by atoms with Crippen molar-refractivity contribution in [1.82, 2.24) is 14.8 Å². The molecule has 0 aliphatic carbocycles. The van der Waals surface area contributed by atoms with Crippen LogP contribution in [0.4, 0.5) is 5.69 Å². The average molecular weight is 264 g/mol. The van der Waals surface area contributed by atoms with E-state index in [1.807, 2.05) is 31.2 Å². The normalized spacial score (nSPS) is 10.7. The number of rotatable bonds is 5. The number of anilines is 1. The third-order valence-electron chi connectivity index (χ3n) is 2.52. The van der Waals surface area contributed by atoms with Crippen molar-refractivity contribution in [2.45, 2.75) is 30.8 Å². The molecule has 0 spiro atoms. The monoisotopic (exact) mass is 264 g/mol. The van der Waals surface area contributed by atoms with Crippen LogP contribution < -0.4 is 11.4 Å². The van der Waals surface area contributed by atoms with E-state index < -0.39 is 0 Å². The van der Waals surface area contributed by atoms with E-state index in [2.05, 4.69) is 10.2 Å². The largest absolute Gasteiger partial charge is 0.399 e. The second-order valence-corrected chi connectivity index (χ2v) is 4.94. The molecule has 0 unspecified atom stereocenters. The molecule has 1 heterocycles. The number of benzene rings is 1. The highest BCUT2D eigenvalue weighted by Gasteiger charge is 2.07. The lowest BCUT2D eigenvalue weighted by molar-refractivity contribution is 0.604. The van der Waals surface area contributed by atoms with E-state index in [1.165, 1.54) is 0 Å². The van der Waals surface area contributed by atoms with Crippen molar-refractivity contribution in [1.29, 1.82) is 0 Å². The molecule has 0 aliphatic rings. The number of nitrogens with one attached hydrogen (secondary N) is 1. The number of hydrogen-bond donors (Lipinski definition) is 2. The van der Waals surface area contributed by atoms with E-state index in [-0.39, 0.29) is 5.69 Å². The fourth-order valence-electron chi connectivity index (χ4n) is 1.60. The molecule has 2 aromatic rings. The summed E-state index contributed by atoms with van der Waals surface area (Å²) in [4.78, 5) is 11.5. The number of H-pyrrole nitrogens is 1. The SMILES string of the molecule is CCCn1c(SCc2ccc(N)cc2)n[nH]c1=O. The van der Waals surface area contributed by atoms with E-state index in [0.717, 1.165) is 28.6 Å². The minimum Gasteiger partial charge on any atom is -0.399 e. The maximum absolute atomic E-state index is 11.5. The lowest BCUT2D eigenvalue weighted by Crippen LogP contribution is -2.17. The Kier molecular flexibility index (Phi) is 4.09. The highest BCUT2D eigenvalue weighted by atomic mass is 32.2. The van der Waals surface area contributed by atoms with Crippen molar-refractivity contribution < 1.29 is 0 Å². The number of nitrogens with two attached hydrogens (primary N) is 1. The number of hydrogen-bond acceptors (Lipinski definition) is 4. The zero-order valence-corrected chi connectivity index (χ0v) is 11.0. The van der Waals surface area contributed by atoms with Gasteiger partial charge in [-0.2, -0.15) is 0 Å². The van der Waals surface area contributed by atoms with Crippen molar-refractivity contribution >= 4 is 17.4 Å². The zero-order chi connectivity index (χ0) is 13.0. The van der Waals surface area contributed by atoms with Gasteiger partial charge in [0.2, 0.25) is 0 Å². The Morgan fingerprint density at radius 3 is 2.78 bits per heavy atom. The predicted molar refractivity (Wildman–Crippen MR) is 73.6 cm³/mol. The molecule has 0 atom stereocenters. The fourth-order valence-corrected chi connectivity index (χ4v) is 2.52. The summed E-state index contributed by atoms with van der Waals surface area (Å²) in [5.41, 5.74) is 7.41. The standard InChI is InChI=1S/C12H16N4OS/c1-2-7-16-11(17)14-15-12(16)18-8-9-3-5-10(13)6-4-9/h3-6H,2,7-8,13H2,1H3,(H,14,17). The van der Waals surface area contributed by atoms with Gasteiger partial charge in [0.1, 0.15) is 0 Å². The van der Waals surface area contributed by atoms with Gasteiger partial charge in [0.25, 0.3) is 0 Å². The van der Waals surface area contributed by atoms with Crippen molar-refractivity contribution in [3.05, 3.63) is 40.3 Å². The van der Waals surface area contributed by atoms with Gasteiger partial charge >= 0.3 is 5.69 Å². The summed E-state index contributed by atoms with van der Waals surface area (Å²) < 4.78 is 1.67. The van der Waals surface area contributed by atoms with Crippen molar-refractivity contribution in [2.75, 3.05) is 5.73 Å². The number of thioether (sulfide) groups is 1. The van der Waals surface area contributed by atoms with Gasteiger partial charge < -0.3 is 5.73 Å². The van der Waals surface area contributed by atoms with Gasteiger partial charge in [-0.05, 0) is 24.1 Å². The van der Waals surface area contributed by atoms with E-state index in [4.69, 9.17) is 5.73 Å². The second kappa shape index (κ2) is 5.77. The van der Waals surface area contributed by atoms with Gasteiger partial charge in [-0.1, -0.05) is 30.8 Å². The molecule has 0 saturated heterocycles. The minimum atomic E-state index is -0.142. The lowest BCUT2D eigenvalue weighted by atomic mass is 10.2. The molecule has 5 nitrogen and oxygen atoms in total.